The van der Waals surface area contributed by atoms with Crippen molar-refractivity contribution in [3.8, 4) is 5.75 Å². The molecule has 0 fully saturated rings. The van der Waals surface area contributed by atoms with Crippen LogP contribution in [0.3, 0.4) is 0 Å². The Kier molecular flexibility index (Phi) is 3.33. The van der Waals surface area contributed by atoms with Crippen LogP contribution >= 0.6 is 11.6 Å². The molecule has 0 aliphatic carbocycles. The van der Waals surface area contributed by atoms with E-state index in [0.29, 0.717) is 16.3 Å². The summed E-state index contributed by atoms with van der Waals surface area (Å²) in [7, 11) is 1.43. The first-order valence-electron chi connectivity index (χ1n) is 3.88. The largest absolute Gasteiger partial charge is 0.496 e. The zero-order valence-corrected chi connectivity index (χ0v) is 8.28. The van der Waals surface area contributed by atoms with Crippen molar-refractivity contribution in [2.45, 2.75) is 6.04 Å². The molecule has 1 rings (SSSR count). The van der Waals surface area contributed by atoms with E-state index in [9.17, 15) is 4.79 Å². The number of benzene rings is 1. The molecule has 0 bridgehead atoms. The van der Waals surface area contributed by atoms with Crippen LogP contribution in [-0.2, 0) is 4.79 Å². The summed E-state index contributed by atoms with van der Waals surface area (Å²) >= 11 is 5.71. The van der Waals surface area contributed by atoms with Crippen LogP contribution in [0.1, 0.15) is 11.6 Å². The highest BCUT2D eigenvalue weighted by molar-refractivity contribution is 6.30. The van der Waals surface area contributed by atoms with Gasteiger partial charge in [-0.1, -0.05) is 17.7 Å². The summed E-state index contributed by atoms with van der Waals surface area (Å²) in [4.78, 5) is 10.6. The second-order valence-electron chi connectivity index (χ2n) is 2.70. The number of methoxy groups -OCH3 is 1. The lowest BCUT2D eigenvalue weighted by Crippen LogP contribution is -2.21. The van der Waals surface area contributed by atoms with Gasteiger partial charge in [0.1, 0.15) is 11.8 Å². The predicted octanol–water partition coefficient (Wildman–Crippen LogP) is 1.43. The van der Waals surface area contributed by atoms with E-state index in [-0.39, 0.29) is 0 Å². The SMILES string of the molecule is COc1cc(Cl)ccc1[C@H](N)C(=O)O. The molecule has 1 atom stereocenters. The van der Waals surface area contributed by atoms with E-state index in [1.54, 1.807) is 12.1 Å². The number of carboxylic acids is 1. The van der Waals surface area contributed by atoms with Crippen LogP contribution < -0.4 is 10.5 Å². The van der Waals surface area contributed by atoms with Crippen molar-refractivity contribution in [2.75, 3.05) is 7.11 Å². The summed E-state index contributed by atoms with van der Waals surface area (Å²) in [6.07, 6.45) is 0. The Morgan fingerprint density at radius 2 is 2.29 bits per heavy atom. The van der Waals surface area contributed by atoms with Gasteiger partial charge in [-0.25, -0.2) is 0 Å². The number of carbonyl (C=O) groups is 1. The lowest BCUT2D eigenvalue weighted by atomic mass is 10.1. The minimum absolute atomic E-state index is 0.382. The van der Waals surface area contributed by atoms with E-state index in [0.717, 1.165) is 0 Å². The third-order valence-corrected chi connectivity index (χ3v) is 2.03. The molecule has 0 radical (unpaired) electrons. The average molecular weight is 216 g/mol. The molecule has 3 N–H and O–H groups in total. The van der Waals surface area contributed by atoms with Gasteiger partial charge in [-0.2, -0.15) is 0 Å². The van der Waals surface area contributed by atoms with Gasteiger partial charge in [-0.05, 0) is 12.1 Å². The van der Waals surface area contributed by atoms with E-state index in [4.69, 9.17) is 27.2 Å². The Morgan fingerprint density at radius 3 is 2.79 bits per heavy atom. The van der Waals surface area contributed by atoms with Crippen LogP contribution in [0.15, 0.2) is 18.2 Å². The molecule has 0 aromatic heterocycles. The first-order valence-corrected chi connectivity index (χ1v) is 4.26. The molecule has 0 saturated heterocycles. The number of hydrogen-bond donors (Lipinski definition) is 2. The molecule has 1 aromatic carbocycles. The number of ether oxygens (including phenoxy) is 1. The third kappa shape index (κ3) is 2.16. The molecule has 76 valence electrons. The van der Waals surface area contributed by atoms with Gasteiger partial charge in [0.25, 0.3) is 0 Å². The number of rotatable bonds is 3. The summed E-state index contributed by atoms with van der Waals surface area (Å²) in [5, 5.41) is 9.19. The van der Waals surface area contributed by atoms with E-state index in [1.807, 2.05) is 0 Å². The molecule has 0 unspecified atom stereocenters. The van der Waals surface area contributed by atoms with Crippen LogP contribution in [0.5, 0.6) is 5.75 Å². The van der Waals surface area contributed by atoms with Gasteiger partial charge in [0, 0.05) is 10.6 Å². The van der Waals surface area contributed by atoms with Gasteiger partial charge in [0.2, 0.25) is 0 Å². The van der Waals surface area contributed by atoms with E-state index in [1.165, 1.54) is 13.2 Å². The number of halogens is 1. The van der Waals surface area contributed by atoms with Crippen molar-refractivity contribution in [3.05, 3.63) is 28.8 Å². The maximum absolute atomic E-state index is 10.6. The second-order valence-corrected chi connectivity index (χ2v) is 3.14. The lowest BCUT2D eigenvalue weighted by molar-refractivity contribution is -0.138. The molecular formula is C9H10ClNO3. The van der Waals surface area contributed by atoms with Crippen LogP contribution in [0.25, 0.3) is 0 Å². The Morgan fingerprint density at radius 1 is 1.64 bits per heavy atom. The highest BCUT2D eigenvalue weighted by Crippen LogP contribution is 2.27. The summed E-state index contributed by atoms with van der Waals surface area (Å²) < 4.78 is 4.97. The van der Waals surface area contributed by atoms with Crippen LogP contribution in [0.2, 0.25) is 5.02 Å². The Balaban J connectivity index is 3.13. The van der Waals surface area contributed by atoms with Gasteiger partial charge in [-0.3, -0.25) is 4.79 Å². The maximum Gasteiger partial charge on any atom is 0.325 e. The summed E-state index contributed by atoms with van der Waals surface area (Å²) in [5.74, 6) is -0.724. The van der Waals surface area contributed by atoms with E-state index >= 15 is 0 Å². The van der Waals surface area contributed by atoms with Crippen molar-refractivity contribution in [1.29, 1.82) is 0 Å². The molecule has 0 aliphatic rings. The molecule has 1 aromatic rings. The topological polar surface area (TPSA) is 72.5 Å². The van der Waals surface area contributed by atoms with Crippen molar-refractivity contribution in [3.63, 3.8) is 0 Å². The molecule has 4 nitrogen and oxygen atoms in total. The van der Waals surface area contributed by atoms with Crippen molar-refractivity contribution < 1.29 is 14.6 Å². The molecular weight excluding hydrogens is 206 g/mol. The zero-order chi connectivity index (χ0) is 10.7. The van der Waals surface area contributed by atoms with Crippen LogP contribution in [0.4, 0.5) is 0 Å². The van der Waals surface area contributed by atoms with Crippen LogP contribution in [0, 0.1) is 0 Å². The van der Waals surface area contributed by atoms with Gasteiger partial charge in [-0.15, -0.1) is 0 Å². The minimum atomic E-state index is -1.11. The Labute approximate surface area is 86.2 Å². The molecule has 14 heavy (non-hydrogen) atoms. The fraction of sp³-hybridized carbons (Fsp3) is 0.222. The van der Waals surface area contributed by atoms with Crippen molar-refractivity contribution in [1.82, 2.24) is 0 Å². The lowest BCUT2D eigenvalue weighted by Gasteiger charge is -2.11. The average Bonchev–Trinajstić information content (AvgIpc) is 2.16. The van der Waals surface area contributed by atoms with Gasteiger partial charge in [0.15, 0.2) is 0 Å². The maximum atomic E-state index is 10.6. The fourth-order valence-corrected chi connectivity index (χ4v) is 1.24. The number of aliphatic carboxylic acids is 1. The van der Waals surface area contributed by atoms with Crippen molar-refractivity contribution in [2.24, 2.45) is 5.73 Å². The highest BCUT2D eigenvalue weighted by Gasteiger charge is 2.18. The monoisotopic (exact) mass is 215 g/mol. The summed E-state index contributed by atoms with van der Waals surface area (Å²) in [5.41, 5.74) is 5.85. The summed E-state index contributed by atoms with van der Waals surface area (Å²) in [6, 6.07) is 3.55. The third-order valence-electron chi connectivity index (χ3n) is 1.80. The molecule has 5 heteroatoms. The molecule has 0 heterocycles. The smallest absolute Gasteiger partial charge is 0.325 e. The molecule has 0 saturated carbocycles. The Bertz CT molecular complexity index is 354. The van der Waals surface area contributed by atoms with E-state index in [2.05, 4.69) is 0 Å². The molecule has 0 spiro atoms. The Hall–Kier alpha value is -1.26. The fourth-order valence-electron chi connectivity index (χ4n) is 1.07. The number of carboxylic acid groups (broad SMARTS) is 1. The predicted molar refractivity (Wildman–Crippen MR) is 52.6 cm³/mol. The minimum Gasteiger partial charge on any atom is -0.496 e. The molecule has 0 amide bonds. The quantitative estimate of drug-likeness (QED) is 0.800. The van der Waals surface area contributed by atoms with Gasteiger partial charge in [0.05, 0.1) is 7.11 Å². The van der Waals surface area contributed by atoms with Gasteiger partial charge < -0.3 is 15.6 Å². The first kappa shape index (κ1) is 10.8. The van der Waals surface area contributed by atoms with Crippen molar-refractivity contribution >= 4 is 17.6 Å². The normalized spacial score (nSPS) is 12.2. The number of hydrogen-bond acceptors (Lipinski definition) is 3. The number of nitrogens with two attached hydrogens (primary N) is 1. The molecule has 0 aliphatic heterocycles. The van der Waals surface area contributed by atoms with Crippen LogP contribution in [-0.4, -0.2) is 18.2 Å². The van der Waals surface area contributed by atoms with Gasteiger partial charge >= 0.3 is 5.97 Å². The highest BCUT2D eigenvalue weighted by atomic mass is 35.5. The van der Waals surface area contributed by atoms with E-state index < -0.39 is 12.0 Å². The zero-order valence-electron chi connectivity index (χ0n) is 7.53. The second kappa shape index (κ2) is 4.30. The summed E-state index contributed by atoms with van der Waals surface area (Å²) in [6.45, 7) is 0. The standard InChI is InChI=1S/C9H10ClNO3/c1-14-7-4-5(10)2-3-6(7)8(11)9(12)13/h2-4,8H,11H2,1H3,(H,12,13)/t8-/m0/s1. The first-order chi connectivity index (χ1) is 6.56.